The number of halogens is 1. The van der Waals surface area contributed by atoms with Crippen LogP contribution in [-0.2, 0) is 16.0 Å². The predicted molar refractivity (Wildman–Crippen MR) is 94.4 cm³/mol. The largest absolute Gasteiger partial charge is 0.340 e. The van der Waals surface area contributed by atoms with Gasteiger partial charge in [-0.1, -0.05) is 18.2 Å². The van der Waals surface area contributed by atoms with Crippen molar-refractivity contribution in [2.75, 3.05) is 19.6 Å². The summed E-state index contributed by atoms with van der Waals surface area (Å²) in [4.78, 5) is 28.9. The second kappa shape index (κ2) is 7.38. The number of rotatable bonds is 4. The molecule has 0 bridgehead atoms. The highest BCUT2D eigenvalue weighted by Crippen LogP contribution is 2.36. The van der Waals surface area contributed by atoms with Gasteiger partial charge in [0.2, 0.25) is 11.8 Å². The number of nitrogens with zero attached hydrogens (tertiary/aromatic N) is 2. The number of hydrogen-bond donors (Lipinski definition) is 0. The molecule has 25 heavy (non-hydrogen) atoms. The lowest BCUT2D eigenvalue weighted by molar-refractivity contribution is -0.149. The summed E-state index contributed by atoms with van der Waals surface area (Å²) in [6.45, 7) is 5.58. The Balaban J connectivity index is 1.74. The van der Waals surface area contributed by atoms with Crippen LogP contribution in [0.4, 0.5) is 4.39 Å². The molecule has 0 N–H and O–H groups in total. The van der Waals surface area contributed by atoms with Crippen molar-refractivity contribution < 1.29 is 14.0 Å². The van der Waals surface area contributed by atoms with Crippen molar-refractivity contribution in [3.05, 3.63) is 48.3 Å². The van der Waals surface area contributed by atoms with Crippen LogP contribution in [0.1, 0.15) is 37.7 Å². The molecule has 5 heteroatoms. The van der Waals surface area contributed by atoms with E-state index in [1.165, 1.54) is 12.1 Å². The Morgan fingerprint density at radius 3 is 2.88 bits per heavy atom. The zero-order valence-corrected chi connectivity index (χ0v) is 14.5. The van der Waals surface area contributed by atoms with E-state index in [0.717, 1.165) is 25.7 Å². The van der Waals surface area contributed by atoms with Crippen molar-refractivity contribution in [2.24, 2.45) is 0 Å². The third-order valence-electron chi connectivity index (χ3n) is 5.37. The Morgan fingerprint density at radius 1 is 1.32 bits per heavy atom. The molecular formula is C20H25FN2O2. The van der Waals surface area contributed by atoms with Crippen LogP contribution in [0.15, 0.2) is 36.9 Å². The van der Waals surface area contributed by atoms with E-state index in [9.17, 15) is 14.0 Å². The molecule has 1 aromatic carbocycles. The van der Waals surface area contributed by atoms with Gasteiger partial charge in [0.05, 0.1) is 12.0 Å². The molecule has 2 fully saturated rings. The molecule has 2 saturated heterocycles. The molecule has 2 aliphatic heterocycles. The van der Waals surface area contributed by atoms with Gasteiger partial charge in [0, 0.05) is 26.1 Å². The molecule has 3 rings (SSSR count). The van der Waals surface area contributed by atoms with Crippen molar-refractivity contribution in [1.82, 2.24) is 9.80 Å². The molecule has 1 unspecified atom stereocenters. The van der Waals surface area contributed by atoms with Crippen molar-refractivity contribution in [2.45, 2.75) is 44.1 Å². The molecule has 1 spiro atoms. The minimum absolute atomic E-state index is 0.00116. The SMILES string of the molecule is C=CCN1C(=O)CCCC12CCCN(C(=O)Cc1cccc(F)c1)C2. The third kappa shape index (κ3) is 3.75. The Kier molecular flexibility index (Phi) is 5.21. The van der Waals surface area contributed by atoms with Gasteiger partial charge in [-0.3, -0.25) is 9.59 Å². The average molecular weight is 344 g/mol. The van der Waals surface area contributed by atoms with E-state index in [0.29, 0.717) is 31.6 Å². The standard InChI is InChI=1S/C20H25FN2O2/c1-2-11-23-18(24)8-4-9-20(23)10-5-12-22(15-20)19(25)14-16-6-3-7-17(21)13-16/h2-3,6-7,13H,1,4-5,8-12,14-15H2. The summed E-state index contributed by atoms with van der Waals surface area (Å²) < 4.78 is 13.3. The molecule has 0 saturated carbocycles. The van der Waals surface area contributed by atoms with E-state index in [4.69, 9.17) is 0 Å². The van der Waals surface area contributed by atoms with Crippen LogP contribution in [0.5, 0.6) is 0 Å². The molecule has 1 aromatic rings. The summed E-state index contributed by atoms with van der Waals surface area (Å²) in [5, 5.41) is 0. The van der Waals surface area contributed by atoms with Gasteiger partial charge in [-0.25, -0.2) is 4.39 Å². The summed E-state index contributed by atoms with van der Waals surface area (Å²) in [6, 6.07) is 6.19. The fourth-order valence-electron chi connectivity index (χ4n) is 4.21. The zero-order valence-electron chi connectivity index (χ0n) is 14.5. The highest BCUT2D eigenvalue weighted by atomic mass is 19.1. The number of carbonyl (C=O) groups excluding carboxylic acids is 2. The predicted octanol–water partition coefficient (Wildman–Crippen LogP) is 2.93. The van der Waals surface area contributed by atoms with Crippen LogP contribution in [0.3, 0.4) is 0 Å². The molecule has 0 radical (unpaired) electrons. The third-order valence-corrected chi connectivity index (χ3v) is 5.37. The second-order valence-electron chi connectivity index (χ2n) is 7.10. The van der Waals surface area contributed by atoms with E-state index < -0.39 is 0 Å². The smallest absolute Gasteiger partial charge is 0.227 e. The Bertz CT molecular complexity index is 671. The molecule has 0 aromatic heterocycles. The van der Waals surface area contributed by atoms with E-state index in [1.807, 2.05) is 9.80 Å². The average Bonchev–Trinajstić information content (AvgIpc) is 2.59. The first-order valence-corrected chi connectivity index (χ1v) is 8.98. The van der Waals surface area contributed by atoms with Crippen molar-refractivity contribution in [3.8, 4) is 0 Å². The maximum atomic E-state index is 13.3. The van der Waals surface area contributed by atoms with E-state index >= 15 is 0 Å². The lowest BCUT2D eigenvalue weighted by Crippen LogP contribution is -2.63. The molecule has 0 aliphatic carbocycles. The van der Waals surface area contributed by atoms with Gasteiger partial charge < -0.3 is 9.80 Å². The van der Waals surface area contributed by atoms with E-state index in [1.54, 1.807) is 18.2 Å². The summed E-state index contributed by atoms with van der Waals surface area (Å²) in [5.41, 5.74) is 0.423. The van der Waals surface area contributed by atoms with Crippen LogP contribution in [-0.4, -0.2) is 46.8 Å². The lowest BCUT2D eigenvalue weighted by Gasteiger charge is -2.52. The van der Waals surface area contributed by atoms with Crippen LogP contribution in [0, 0.1) is 5.82 Å². The van der Waals surface area contributed by atoms with Gasteiger partial charge in [-0.05, 0) is 43.4 Å². The van der Waals surface area contributed by atoms with Crippen LogP contribution >= 0.6 is 0 Å². The lowest BCUT2D eigenvalue weighted by atomic mass is 9.79. The monoisotopic (exact) mass is 344 g/mol. The van der Waals surface area contributed by atoms with Gasteiger partial charge in [0.15, 0.2) is 0 Å². The number of hydrogen-bond acceptors (Lipinski definition) is 2. The second-order valence-corrected chi connectivity index (χ2v) is 7.10. The van der Waals surface area contributed by atoms with Gasteiger partial charge in [0.25, 0.3) is 0 Å². The van der Waals surface area contributed by atoms with Gasteiger partial charge in [-0.2, -0.15) is 0 Å². The zero-order chi connectivity index (χ0) is 17.9. The molecule has 134 valence electrons. The van der Waals surface area contributed by atoms with Crippen LogP contribution in [0.2, 0.25) is 0 Å². The topological polar surface area (TPSA) is 40.6 Å². The van der Waals surface area contributed by atoms with Gasteiger partial charge in [-0.15, -0.1) is 6.58 Å². The van der Waals surface area contributed by atoms with E-state index in [2.05, 4.69) is 6.58 Å². The van der Waals surface area contributed by atoms with Crippen LogP contribution < -0.4 is 0 Å². The minimum Gasteiger partial charge on any atom is -0.340 e. The number of amides is 2. The van der Waals surface area contributed by atoms with Gasteiger partial charge >= 0.3 is 0 Å². The molecular weight excluding hydrogens is 319 g/mol. The molecule has 4 nitrogen and oxygen atoms in total. The van der Waals surface area contributed by atoms with Crippen LogP contribution in [0.25, 0.3) is 0 Å². The van der Waals surface area contributed by atoms with Crippen molar-refractivity contribution in [1.29, 1.82) is 0 Å². The van der Waals surface area contributed by atoms with Crippen molar-refractivity contribution in [3.63, 3.8) is 0 Å². The van der Waals surface area contributed by atoms with Crippen molar-refractivity contribution >= 4 is 11.8 Å². The number of likely N-dealkylation sites (tertiary alicyclic amines) is 2. The summed E-state index contributed by atoms with van der Waals surface area (Å²) in [5.74, 6) is -0.165. The molecule has 1 atom stereocenters. The van der Waals surface area contributed by atoms with E-state index in [-0.39, 0.29) is 29.6 Å². The first-order chi connectivity index (χ1) is 12.0. The first-order valence-electron chi connectivity index (χ1n) is 8.98. The molecule has 2 amide bonds. The summed E-state index contributed by atoms with van der Waals surface area (Å²) in [7, 11) is 0. The number of benzene rings is 1. The highest BCUT2D eigenvalue weighted by Gasteiger charge is 2.45. The summed E-state index contributed by atoms with van der Waals surface area (Å²) >= 11 is 0. The minimum atomic E-state index is -0.324. The molecule has 2 aliphatic rings. The Morgan fingerprint density at radius 2 is 2.12 bits per heavy atom. The fourth-order valence-corrected chi connectivity index (χ4v) is 4.21. The number of carbonyl (C=O) groups is 2. The normalized spacial score (nSPS) is 23.8. The highest BCUT2D eigenvalue weighted by molar-refractivity contribution is 5.80. The Hall–Kier alpha value is -2.17. The first kappa shape index (κ1) is 17.6. The Labute approximate surface area is 148 Å². The number of piperidine rings is 2. The summed E-state index contributed by atoms with van der Waals surface area (Å²) in [6.07, 6.45) is 6.15. The quantitative estimate of drug-likeness (QED) is 0.788. The maximum absolute atomic E-state index is 13.3. The maximum Gasteiger partial charge on any atom is 0.227 e. The fraction of sp³-hybridized carbons (Fsp3) is 0.500. The van der Waals surface area contributed by atoms with Gasteiger partial charge in [0.1, 0.15) is 5.82 Å². The molecule has 2 heterocycles.